The lowest BCUT2D eigenvalue weighted by molar-refractivity contribution is 0.482. The van der Waals surface area contributed by atoms with E-state index in [-0.39, 0.29) is 6.04 Å². The van der Waals surface area contributed by atoms with Crippen molar-refractivity contribution in [1.29, 1.82) is 0 Å². The Morgan fingerprint density at radius 1 is 1.05 bits per heavy atom. The molecule has 2 nitrogen and oxygen atoms in total. The van der Waals surface area contributed by atoms with Crippen LogP contribution in [0, 0.1) is 0 Å². The predicted molar refractivity (Wildman–Crippen MR) is 85.7 cm³/mol. The molecule has 2 aromatic rings. The number of hydrogen-bond acceptors (Lipinski definition) is 2. The molecule has 0 aliphatic rings. The van der Waals surface area contributed by atoms with Crippen LogP contribution in [0.15, 0.2) is 51.4 Å². The first-order valence-corrected chi connectivity index (χ1v) is 7.60. The molecule has 0 bridgehead atoms. The summed E-state index contributed by atoms with van der Waals surface area (Å²) >= 11 is 6.96. The zero-order valence-corrected chi connectivity index (χ0v) is 13.7. The fourth-order valence-electron chi connectivity index (χ4n) is 1.74. The maximum absolute atomic E-state index is 5.81. The lowest BCUT2D eigenvalue weighted by Crippen LogP contribution is -2.17. The Bertz CT molecular complexity index is 553. The topological polar surface area (TPSA) is 35.2 Å². The number of ether oxygens (including phenoxy) is 1. The molecule has 2 N–H and O–H groups in total. The van der Waals surface area contributed by atoms with Gasteiger partial charge in [-0.2, -0.15) is 0 Å². The minimum atomic E-state index is 0.148. The van der Waals surface area contributed by atoms with Gasteiger partial charge in [0.2, 0.25) is 0 Å². The predicted octanol–water partition coefficient (Wildman–Crippen LogP) is 4.89. The molecule has 0 amide bonds. The summed E-state index contributed by atoms with van der Waals surface area (Å²) < 4.78 is 7.85. The molecule has 0 spiro atoms. The van der Waals surface area contributed by atoms with Gasteiger partial charge >= 0.3 is 0 Å². The molecule has 2 aromatic carbocycles. The fraction of sp³-hybridized carbons (Fsp3) is 0.200. The molecule has 1 unspecified atom stereocenters. The molecule has 0 aliphatic heterocycles. The molecule has 0 radical (unpaired) electrons. The second-order valence-electron chi connectivity index (χ2n) is 4.49. The maximum atomic E-state index is 5.81. The van der Waals surface area contributed by atoms with Crippen LogP contribution in [-0.4, -0.2) is 6.04 Å². The monoisotopic (exact) mass is 383 g/mol. The molecule has 0 fully saturated rings. The molecular formula is C15H15Br2NO. The van der Waals surface area contributed by atoms with Crippen molar-refractivity contribution in [2.24, 2.45) is 5.73 Å². The largest absolute Gasteiger partial charge is 0.457 e. The van der Waals surface area contributed by atoms with Gasteiger partial charge in [-0.1, -0.05) is 37.9 Å². The van der Waals surface area contributed by atoms with Crippen LogP contribution in [0.1, 0.15) is 12.5 Å². The normalized spacial score (nSPS) is 12.2. The van der Waals surface area contributed by atoms with Gasteiger partial charge in [-0.3, -0.25) is 0 Å². The van der Waals surface area contributed by atoms with Crippen molar-refractivity contribution in [1.82, 2.24) is 0 Å². The van der Waals surface area contributed by atoms with E-state index in [9.17, 15) is 0 Å². The summed E-state index contributed by atoms with van der Waals surface area (Å²) in [5, 5.41) is 0. The van der Waals surface area contributed by atoms with E-state index in [0.29, 0.717) is 0 Å². The van der Waals surface area contributed by atoms with Gasteiger partial charge in [0, 0.05) is 15.0 Å². The van der Waals surface area contributed by atoms with Crippen LogP contribution in [0.25, 0.3) is 0 Å². The van der Waals surface area contributed by atoms with Gasteiger partial charge in [-0.15, -0.1) is 0 Å². The van der Waals surface area contributed by atoms with E-state index in [2.05, 4.69) is 31.9 Å². The Hall–Kier alpha value is -0.840. The highest BCUT2D eigenvalue weighted by molar-refractivity contribution is 9.10. The van der Waals surface area contributed by atoms with Crippen molar-refractivity contribution in [3.8, 4) is 11.5 Å². The SMILES string of the molecule is CC(N)Cc1ccc(Oc2ccc(Br)cc2)cc1Br. The average Bonchev–Trinajstić information content (AvgIpc) is 2.35. The molecule has 100 valence electrons. The second-order valence-corrected chi connectivity index (χ2v) is 6.26. The van der Waals surface area contributed by atoms with Crippen LogP contribution in [0.3, 0.4) is 0 Å². The minimum absolute atomic E-state index is 0.148. The molecule has 4 heteroatoms. The number of hydrogen-bond donors (Lipinski definition) is 1. The van der Waals surface area contributed by atoms with E-state index < -0.39 is 0 Å². The van der Waals surface area contributed by atoms with Crippen LogP contribution in [0.2, 0.25) is 0 Å². The summed E-state index contributed by atoms with van der Waals surface area (Å²) in [4.78, 5) is 0. The van der Waals surface area contributed by atoms with E-state index in [1.54, 1.807) is 0 Å². The Labute approximate surface area is 130 Å². The van der Waals surface area contributed by atoms with E-state index in [4.69, 9.17) is 10.5 Å². The molecule has 19 heavy (non-hydrogen) atoms. The fourth-order valence-corrected chi connectivity index (χ4v) is 2.53. The zero-order valence-electron chi connectivity index (χ0n) is 10.6. The third-order valence-electron chi connectivity index (χ3n) is 2.62. The van der Waals surface area contributed by atoms with Crippen molar-refractivity contribution < 1.29 is 4.74 Å². The second kappa shape index (κ2) is 6.55. The number of halogens is 2. The van der Waals surface area contributed by atoms with Gasteiger partial charge in [0.05, 0.1) is 0 Å². The smallest absolute Gasteiger partial charge is 0.128 e. The molecule has 2 rings (SSSR count). The Kier molecular flexibility index (Phi) is 5.02. The van der Waals surface area contributed by atoms with Gasteiger partial charge < -0.3 is 10.5 Å². The first-order valence-electron chi connectivity index (χ1n) is 6.02. The van der Waals surface area contributed by atoms with Gasteiger partial charge in [-0.05, 0) is 55.3 Å². The van der Waals surface area contributed by atoms with Crippen LogP contribution in [0.4, 0.5) is 0 Å². The average molecular weight is 385 g/mol. The first kappa shape index (κ1) is 14.6. The Morgan fingerprint density at radius 3 is 2.26 bits per heavy atom. The molecule has 0 saturated heterocycles. The minimum Gasteiger partial charge on any atom is -0.457 e. The van der Waals surface area contributed by atoms with Gasteiger partial charge in [-0.25, -0.2) is 0 Å². The first-order chi connectivity index (χ1) is 9.04. The molecule has 0 saturated carbocycles. The highest BCUT2D eigenvalue weighted by Gasteiger charge is 2.05. The van der Waals surface area contributed by atoms with E-state index in [0.717, 1.165) is 26.9 Å². The quantitative estimate of drug-likeness (QED) is 0.813. The summed E-state index contributed by atoms with van der Waals surface area (Å²) in [5.41, 5.74) is 7.01. The summed E-state index contributed by atoms with van der Waals surface area (Å²) in [5.74, 6) is 1.62. The summed E-state index contributed by atoms with van der Waals surface area (Å²) in [6.07, 6.45) is 0.846. The number of benzene rings is 2. The lowest BCUT2D eigenvalue weighted by atomic mass is 10.1. The Morgan fingerprint density at radius 2 is 1.68 bits per heavy atom. The number of nitrogens with two attached hydrogens (primary N) is 1. The van der Waals surface area contributed by atoms with Crippen LogP contribution in [-0.2, 0) is 6.42 Å². The summed E-state index contributed by atoms with van der Waals surface area (Å²) in [6, 6.07) is 13.9. The van der Waals surface area contributed by atoms with Gasteiger partial charge in [0.1, 0.15) is 11.5 Å². The van der Waals surface area contributed by atoms with E-state index >= 15 is 0 Å². The van der Waals surface area contributed by atoms with Crippen LogP contribution < -0.4 is 10.5 Å². The lowest BCUT2D eigenvalue weighted by Gasteiger charge is -2.10. The standard InChI is InChI=1S/C15H15Br2NO/c1-10(18)8-11-2-5-14(9-15(11)17)19-13-6-3-12(16)4-7-13/h2-7,9-10H,8,18H2,1H3. The van der Waals surface area contributed by atoms with Crippen molar-refractivity contribution in [2.75, 3.05) is 0 Å². The van der Waals surface area contributed by atoms with Crippen LogP contribution >= 0.6 is 31.9 Å². The highest BCUT2D eigenvalue weighted by Crippen LogP contribution is 2.28. The van der Waals surface area contributed by atoms with Gasteiger partial charge in [0.15, 0.2) is 0 Å². The molecule has 0 heterocycles. The van der Waals surface area contributed by atoms with E-state index in [1.165, 1.54) is 5.56 Å². The highest BCUT2D eigenvalue weighted by atomic mass is 79.9. The third-order valence-corrected chi connectivity index (χ3v) is 3.88. The van der Waals surface area contributed by atoms with Crippen molar-refractivity contribution in [2.45, 2.75) is 19.4 Å². The molecule has 0 aromatic heterocycles. The maximum Gasteiger partial charge on any atom is 0.128 e. The third kappa shape index (κ3) is 4.34. The van der Waals surface area contributed by atoms with Crippen molar-refractivity contribution in [3.63, 3.8) is 0 Å². The van der Waals surface area contributed by atoms with Crippen molar-refractivity contribution in [3.05, 3.63) is 57.0 Å². The number of rotatable bonds is 4. The van der Waals surface area contributed by atoms with Gasteiger partial charge in [0.25, 0.3) is 0 Å². The zero-order chi connectivity index (χ0) is 13.8. The Balaban J connectivity index is 2.13. The summed E-state index contributed by atoms with van der Waals surface area (Å²) in [7, 11) is 0. The molecular weight excluding hydrogens is 370 g/mol. The molecule has 1 atom stereocenters. The summed E-state index contributed by atoms with van der Waals surface area (Å²) in [6.45, 7) is 2.00. The van der Waals surface area contributed by atoms with E-state index in [1.807, 2.05) is 49.4 Å². The molecule has 0 aliphatic carbocycles. The van der Waals surface area contributed by atoms with Crippen LogP contribution in [0.5, 0.6) is 11.5 Å². The van der Waals surface area contributed by atoms with Crippen molar-refractivity contribution >= 4 is 31.9 Å².